The lowest BCUT2D eigenvalue weighted by molar-refractivity contribution is -0.105. The summed E-state index contributed by atoms with van der Waals surface area (Å²) in [6, 6.07) is 17.6. The second-order valence-corrected chi connectivity index (χ2v) is 7.04. The van der Waals surface area contributed by atoms with E-state index in [0.29, 0.717) is 17.4 Å². The highest BCUT2D eigenvalue weighted by Gasteiger charge is 2.14. The minimum atomic E-state index is 0.561. The number of ether oxygens (including phenoxy) is 1. The van der Waals surface area contributed by atoms with Gasteiger partial charge in [-0.15, -0.1) is 11.3 Å². The van der Waals surface area contributed by atoms with Gasteiger partial charge in [0, 0.05) is 22.6 Å². The maximum absolute atomic E-state index is 11.1. The summed E-state index contributed by atoms with van der Waals surface area (Å²) < 4.78 is 6.85. The molecule has 140 valence electrons. The molecule has 0 saturated carbocycles. The Hall–Kier alpha value is -3.45. The maximum Gasteiger partial charge on any atom is 0.212 e. The second kappa shape index (κ2) is 7.66. The zero-order valence-electron chi connectivity index (χ0n) is 15.4. The van der Waals surface area contributed by atoms with Crippen LogP contribution in [0.4, 0.5) is 5.82 Å². The molecule has 2 aromatic heterocycles. The third kappa shape index (κ3) is 3.52. The van der Waals surface area contributed by atoms with Crippen molar-refractivity contribution in [1.82, 2.24) is 14.8 Å². The minimum absolute atomic E-state index is 0.561. The van der Waals surface area contributed by atoms with E-state index in [4.69, 9.17) is 9.72 Å². The summed E-state index contributed by atoms with van der Waals surface area (Å²) in [5.74, 6) is 1.34. The number of anilines is 1. The lowest BCUT2D eigenvalue weighted by Gasteiger charge is -2.02. The fraction of sp³-hybridized carbons (Fsp3) is 0.0952. The average molecular weight is 390 g/mol. The first kappa shape index (κ1) is 17.9. The minimum Gasteiger partial charge on any atom is -0.497 e. The molecule has 0 saturated heterocycles. The number of carbonyl (C=O) groups is 1. The molecule has 2 aromatic carbocycles. The van der Waals surface area contributed by atoms with Crippen LogP contribution >= 0.6 is 11.3 Å². The number of methoxy groups -OCH3 is 1. The summed E-state index contributed by atoms with van der Waals surface area (Å²) >= 11 is 1.47. The van der Waals surface area contributed by atoms with E-state index in [9.17, 15) is 4.79 Å². The Morgan fingerprint density at radius 1 is 1.04 bits per heavy atom. The predicted octanol–water partition coefficient (Wildman–Crippen LogP) is 4.55. The molecule has 0 bridgehead atoms. The van der Waals surface area contributed by atoms with Gasteiger partial charge in [0.05, 0.1) is 18.5 Å². The van der Waals surface area contributed by atoms with Crippen molar-refractivity contribution in [2.24, 2.45) is 0 Å². The molecule has 7 heteroatoms. The molecule has 6 nitrogen and oxygen atoms in total. The van der Waals surface area contributed by atoms with Crippen molar-refractivity contribution in [2.75, 3.05) is 12.4 Å². The SMILES string of the molecule is COc1ccc(-c2cc(NC=O)n(-c3nc(-c4ccc(C)cc4)cs3)n2)cc1. The number of hydrogen-bond donors (Lipinski definition) is 1. The number of aryl methyl sites for hydroxylation is 1. The van der Waals surface area contributed by atoms with Gasteiger partial charge in [-0.05, 0) is 31.2 Å². The van der Waals surface area contributed by atoms with Crippen molar-refractivity contribution < 1.29 is 9.53 Å². The largest absolute Gasteiger partial charge is 0.497 e. The first-order chi connectivity index (χ1) is 13.7. The Kier molecular flexibility index (Phi) is 4.90. The van der Waals surface area contributed by atoms with Crippen molar-refractivity contribution in [3.8, 4) is 33.4 Å². The molecule has 0 radical (unpaired) electrons. The van der Waals surface area contributed by atoms with Crippen LogP contribution < -0.4 is 10.1 Å². The fourth-order valence-electron chi connectivity index (χ4n) is 2.81. The molecule has 4 rings (SSSR count). The van der Waals surface area contributed by atoms with Crippen molar-refractivity contribution in [3.05, 3.63) is 65.5 Å². The number of rotatable bonds is 6. The normalized spacial score (nSPS) is 10.6. The van der Waals surface area contributed by atoms with Crippen LogP contribution in [0.3, 0.4) is 0 Å². The van der Waals surface area contributed by atoms with Crippen LogP contribution in [0.15, 0.2) is 60.0 Å². The zero-order chi connectivity index (χ0) is 19.5. The lowest BCUT2D eigenvalue weighted by atomic mass is 10.1. The van der Waals surface area contributed by atoms with Gasteiger partial charge in [-0.3, -0.25) is 4.79 Å². The Morgan fingerprint density at radius 2 is 1.71 bits per heavy atom. The van der Waals surface area contributed by atoms with Crippen LogP contribution in [0.5, 0.6) is 5.75 Å². The highest BCUT2D eigenvalue weighted by Crippen LogP contribution is 2.29. The summed E-state index contributed by atoms with van der Waals surface area (Å²) in [6.07, 6.45) is 0.639. The Balaban J connectivity index is 1.71. The number of hydrogen-bond acceptors (Lipinski definition) is 5. The predicted molar refractivity (Wildman–Crippen MR) is 111 cm³/mol. The third-order valence-electron chi connectivity index (χ3n) is 4.32. The van der Waals surface area contributed by atoms with E-state index >= 15 is 0 Å². The van der Waals surface area contributed by atoms with E-state index in [1.807, 2.05) is 47.8 Å². The topological polar surface area (TPSA) is 69.0 Å². The van der Waals surface area contributed by atoms with Gasteiger partial charge in [-0.1, -0.05) is 29.8 Å². The molecule has 1 amide bonds. The van der Waals surface area contributed by atoms with E-state index in [1.165, 1.54) is 16.9 Å². The van der Waals surface area contributed by atoms with Crippen LogP contribution in [0.1, 0.15) is 5.56 Å². The first-order valence-electron chi connectivity index (χ1n) is 8.65. The molecular formula is C21H18N4O2S. The molecule has 0 unspecified atom stereocenters. The van der Waals surface area contributed by atoms with Crippen LogP contribution in [0, 0.1) is 6.92 Å². The molecular weight excluding hydrogens is 372 g/mol. The smallest absolute Gasteiger partial charge is 0.212 e. The number of nitrogens with one attached hydrogen (secondary N) is 1. The second-order valence-electron chi connectivity index (χ2n) is 6.20. The number of amides is 1. The van der Waals surface area contributed by atoms with Gasteiger partial charge >= 0.3 is 0 Å². The Morgan fingerprint density at radius 3 is 2.39 bits per heavy atom. The molecule has 0 aliphatic rings. The van der Waals surface area contributed by atoms with Crippen molar-refractivity contribution in [1.29, 1.82) is 0 Å². The molecule has 0 fully saturated rings. The van der Waals surface area contributed by atoms with Crippen molar-refractivity contribution in [3.63, 3.8) is 0 Å². The van der Waals surface area contributed by atoms with E-state index in [1.54, 1.807) is 11.8 Å². The summed E-state index contributed by atoms with van der Waals surface area (Å²) in [6.45, 7) is 2.05. The lowest BCUT2D eigenvalue weighted by Crippen LogP contribution is -2.04. The highest BCUT2D eigenvalue weighted by molar-refractivity contribution is 7.12. The Labute approximate surface area is 166 Å². The molecule has 2 heterocycles. The summed E-state index contributed by atoms with van der Waals surface area (Å²) in [5.41, 5.74) is 4.77. The number of carbonyl (C=O) groups excluding carboxylic acids is 1. The zero-order valence-corrected chi connectivity index (χ0v) is 16.2. The molecule has 0 aliphatic carbocycles. The van der Waals surface area contributed by atoms with E-state index < -0.39 is 0 Å². The van der Waals surface area contributed by atoms with Crippen LogP contribution in [0.25, 0.3) is 27.6 Å². The molecule has 0 atom stereocenters. The van der Waals surface area contributed by atoms with Gasteiger partial charge in [0.15, 0.2) is 0 Å². The van der Waals surface area contributed by atoms with Gasteiger partial charge in [0.2, 0.25) is 11.5 Å². The molecule has 28 heavy (non-hydrogen) atoms. The van der Waals surface area contributed by atoms with Crippen LogP contribution in [-0.2, 0) is 4.79 Å². The maximum atomic E-state index is 11.1. The highest BCUT2D eigenvalue weighted by atomic mass is 32.1. The molecule has 0 spiro atoms. The fourth-order valence-corrected chi connectivity index (χ4v) is 3.61. The number of benzene rings is 2. The number of aromatic nitrogens is 3. The van der Waals surface area contributed by atoms with Gasteiger partial charge < -0.3 is 10.1 Å². The quantitative estimate of drug-likeness (QED) is 0.491. The number of nitrogens with zero attached hydrogens (tertiary/aromatic N) is 3. The molecule has 4 aromatic rings. The Bertz CT molecular complexity index is 1100. The van der Waals surface area contributed by atoms with Crippen LogP contribution in [-0.4, -0.2) is 28.3 Å². The first-order valence-corrected chi connectivity index (χ1v) is 9.53. The van der Waals surface area contributed by atoms with Gasteiger partial charge in [0.25, 0.3) is 0 Å². The van der Waals surface area contributed by atoms with Crippen molar-refractivity contribution >= 4 is 23.6 Å². The average Bonchev–Trinajstić information content (AvgIpc) is 3.36. The third-order valence-corrected chi connectivity index (χ3v) is 5.14. The number of thiazole rings is 1. The van der Waals surface area contributed by atoms with Gasteiger partial charge in [-0.25, -0.2) is 4.98 Å². The van der Waals surface area contributed by atoms with E-state index in [-0.39, 0.29) is 0 Å². The molecule has 0 aliphatic heterocycles. The van der Waals surface area contributed by atoms with Crippen molar-refractivity contribution in [2.45, 2.75) is 6.92 Å². The van der Waals surface area contributed by atoms with E-state index in [2.05, 4.69) is 29.5 Å². The van der Waals surface area contributed by atoms with Gasteiger partial charge in [0.1, 0.15) is 11.6 Å². The van der Waals surface area contributed by atoms with Gasteiger partial charge in [-0.2, -0.15) is 9.78 Å². The van der Waals surface area contributed by atoms with Crippen LogP contribution in [0.2, 0.25) is 0 Å². The molecule has 1 N–H and O–H groups in total. The standard InChI is InChI=1S/C21H18N4O2S/c1-14-3-5-16(6-4-14)19-12-28-21(23-19)25-20(22-13-26)11-18(24-25)15-7-9-17(27-2)10-8-15/h3-13H,1-2H3,(H,22,26). The monoisotopic (exact) mass is 390 g/mol. The summed E-state index contributed by atoms with van der Waals surface area (Å²) in [5, 5.41) is 10.0. The van der Waals surface area contributed by atoms with E-state index in [0.717, 1.165) is 28.3 Å². The summed E-state index contributed by atoms with van der Waals surface area (Å²) in [4.78, 5) is 15.8. The summed E-state index contributed by atoms with van der Waals surface area (Å²) in [7, 11) is 1.63.